The second kappa shape index (κ2) is 3.24. The highest BCUT2D eigenvalue weighted by Crippen LogP contribution is 2.12. The van der Waals surface area contributed by atoms with Crippen LogP contribution in [0.1, 0.15) is 15.9 Å². The number of H-pyrrole nitrogens is 1. The topological polar surface area (TPSA) is 70.2 Å². The number of hydrogen-bond acceptors (Lipinski definition) is 2. The summed E-state index contributed by atoms with van der Waals surface area (Å²) in [5.41, 5.74) is 0.873. The molecule has 0 aliphatic carbocycles. The van der Waals surface area contributed by atoms with Crippen LogP contribution in [-0.4, -0.2) is 16.1 Å². The van der Waals surface area contributed by atoms with Gasteiger partial charge >= 0.3 is 5.97 Å². The molecule has 0 atom stereocenters. The van der Waals surface area contributed by atoms with Crippen LogP contribution in [0.5, 0.6) is 0 Å². The van der Waals surface area contributed by atoms with E-state index in [0.29, 0.717) is 5.52 Å². The van der Waals surface area contributed by atoms with Crippen LogP contribution >= 0.6 is 0 Å². The number of rotatable bonds is 1. The summed E-state index contributed by atoms with van der Waals surface area (Å²) in [5, 5.41) is 9.48. The zero-order chi connectivity index (χ0) is 11.0. The highest BCUT2D eigenvalue weighted by atomic mass is 16.4. The molecular weight excluding hydrogens is 194 g/mol. The molecule has 4 nitrogen and oxygen atoms in total. The molecule has 0 radical (unpaired) electrons. The zero-order valence-electron chi connectivity index (χ0n) is 8.07. The maximum atomic E-state index is 11.3. The number of carbonyl (C=O) groups is 1. The summed E-state index contributed by atoms with van der Waals surface area (Å²) >= 11 is 0. The molecule has 0 aliphatic heterocycles. The maximum Gasteiger partial charge on any atom is 0.341 e. The van der Waals surface area contributed by atoms with Gasteiger partial charge in [-0.05, 0) is 30.0 Å². The van der Waals surface area contributed by atoms with E-state index >= 15 is 0 Å². The van der Waals surface area contributed by atoms with Crippen LogP contribution in [0.4, 0.5) is 0 Å². The number of fused-ring (bicyclic) bond motifs is 1. The fourth-order valence-electron chi connectivity index (χ4n) is 1.47. The van der Waals surface area contributed by atoms with Crippen LogP contribution in [0.15, 0.2) is 29.1 Å². The summed E-state index contributed by atoms with van der Waals surface area (Å²) in [6, 6.07) is 6.84. The van der Waals surface area contributed by atoms with Crippen LogP contribution in [0, 0.1) is 6.92 Å². The molecule has 4 heteroatoms. The van der Waals surface area contributed by atoms with Crippen LogP contribution < -0.4 is 5.56 Å². The van der Waals surface area contributed by atoms with Crippen molar-refractivity contribution in [3.63, 3.8) is 0 Å². The molecule has 1 aromatic heterocycles. The summed E-state index contributed by atoms with van der Waals surface area (Å²) in [4.78, 5) is 24.6. The van der Waals surface area contributed by atoms with Gasteiger partial charge in [-0.3, -0.25) is 4.79 Å². The van der Waals surface area contributed by atoms with Crippen molar-refractivity contribution < 1.29 is 9.90 Å². The molecule has 1 heterocycles. The lowest BCUT2D eigenvalue weighted by Gasteiger charge is -2.00. The number of pyridine rings is 1. The van der Waals surface area contributed by atoms with E-state index < -0.39 is 11.5 Å². The largest absolute Gasteiger partial charge is 0.477 e. The Morgan fingerprint density at radius 3 is 2.73 bits per heavy atom. The average Bonchev–Trinajstić information content (AvgIpc) is 2.15. The first-order valence-electron chi connectivity index (χ1n) is 4.45. The number of carboxylic acids is 1. The van der Waals surface area contributed by atoms with Gasteiger partial charge in [0, 0.05) is 5.52 Å². The quantitative estimate of drug-likeness (QED) is 0.738. The molecule has 0 bridgehead atoms. The van der Waals surface area contributed by atoms with Crippen molar-refractivity contribution in [1.82, 2.24) is 4.98 Å². The fraction of sp³-hybridized carbons (Fsp3) is 0.0909. The standard InChI is InChI=1S/C11H9NO3/c1-6-2-3-7-5-8(11(14)15)10(13)12-9(7)4-6/h2-5H,1H3,(H,12,13)(H,14,15). The molecular formula is C11H9NO3. The minimum absolute atomic E-state index is 0.230. The number of aromatic nitrogens is 1. The Morgan fingerprint density at radius 1 is 1.33 bits per heavy atom. The molecule has 0 saturated carbocycles. The van der Waals surface area contributed by atoms with Gasteiger partial charge in [-0.2, -0.15) is 0 Å². The van der Waals surface area contributed by atoms with Gasteiger partial charge < -0.3 is 10.1 Å². The summed E-state index contributed by atoms with van der Waals surface area (Å²) in [5.74, 6) is -1.21. The smallest absolute Gasteiger partial charge is 0.341 e. The molecule has 0 fully saturated rings. The summed E-state index contributed by atoms with van der Waals surface area (Å²) in [6.45, 7) is 1.91. The number of nitrogens with one attached hydrogen (secondary N) is 1. The lowest BCUT2D eigenvalue weighted by atomic mass is 10.1. The Labute approximate surface area is 85.2 Å². The van der Waals surface area contributed by atoms with Gasteiger partial charge in [-0.15, -0.1) is 0 Å². The molecule has 0 amide bonds. The van der Waals surface area contributed by atoms with E-state index in [2.05, 4.69) is 4.98 Å². The highest BCUT2D eigenvalue weighted by Gasteiger charge is 2.09. The molecule has 2 rings (SSSR count). The van der Waals surface area contributed by atoms with Gasteiger partial charge in [0.15, 0.2) is 0 Å². The predicted octanol–water partition coefficient (Wildman–Crippen LogP) is 1.53. The Hall–Kier alpha value is -2.10. The van der Waals surface area contributed by atoms with Crippen LogP contribution in [0.25, 0.3) is 10.9 Å². The van der Waals surface area contributed by atoms with Crippen LogP contribution in [-0.2, 0) is 0 Å². The lowest BCUT2D eigenvalue weighted by molar-refractivity contribution is 0.0695. The van der Waals surface area contributed by atoms with Gasteiger partial charge in [0.05, 0.1) is 0 Å². The average molecular weight is 203 g/mol. The van der Waals surface area contributed by atoms with Crippen molar-refractivity contribution in [2.24, 2.45) is 0 Å². The third-order valence-electron chi connectivity index (χ3n) is 2.23. The van der Waals surface area contributed by atoms with E-state index in [4.69, 9.17) is 5.11 Å². The highest BCUT2D eigenvalue weighted by molar-refractivity contribution is 5.92. The first-order chi connectivity index (χ1) is 7.08. The van der Waals surface area contributed by atoms with Gasteiger partial charge in [0.25, 0.3) is 5.56 Å². The number of aromatic amines is 1. The van der Waals surface area contributed by atoms with Crippen molar-refractivity contribution >= 4 is 16.9 Å². The third kappa shape index (κ3) is 1.61. The van der Waals surface area contributed by atoms with E-state index in [1.165, 1.54) is 6.07 Å². The summed E-state index contributed by atoms with van der Waals surface area (Å²) < 4.78 is 0. The minimum Gasteiger partial charge on any atom is -0.477 e. The van der Waals surface area contributed by atoms with E-state index in [9.17, 15) is 9.59 Å². The monoisotopic (exact) mass is 203 g/mol. The predicted molar refractivity (Wildman–Crippen MR) is 56.3 cm³/mol. The van der Waals surface area contributed by atoms with E-state index in [-0.39, 0.29) is 5.56 Å². The van der Waals surface area contributed by atoms with Crippen molar-refractivity contribution in [3.8, 4) is 0 Å². The lowest BCUT2D eigenvalue weighted by Crippen LogP contribution is -2.16. The second-order valence-corrected chi connectivity index (χ2v) is 3.41. The van der Waals surface area contributed by atoms with Crippen LogP contribution in [0.3, 0.4) is 0 Å². The van der Waals surface area contributed by atoms with Gasteiger partial charge in [0.2, 0.25) is 0 Å². The van der Waals surface area contributed by atoms with E-state index in [1.807, 2.05) is 19.1 Å². The number of benzene rings is 1. The van der Waals surface area contributed by atoms with Crippen molar-refractivity contribution in [1.29, 1.82) is 0 Å². The van der Waals surface area contributed by atoms with E-state index in [1.54, 1.807) is 6.07 Å². The molecule has 0 spiro atoms. The van der Waals surface area contributed by atoms with Crippen molar-refractivity contribution in [2.75, 3.05) is 0 Å². The molecule has 76 valence electrons. The Bertz CT molecular complexity index is 598. The van der Waals surface area contributed by atoms with E-state index in [0.717, 1.165) is 10.9 Å². The molecule has 2 N–H and O–H groups in total. The molecule has 0 unspecified atom stereocenters. The first-order valence-corrected chi connectivity index (χ1v) is 4.45. The van der Waals surface area contributed by atoms with Crippen LogP contribution in [0.2, 0.25) is 0 Å². The Kier molecular flexibility index (Phi) is 2.04. The Morgan fingerprint density at radius 2 is 2.07 bits per heavy atom. The number of hydrogen-bond donors (Lipinski definition) is 2. The molecule has 2 aromatic rings. The Balaban J connectivity index is 2.82. The normalized spacial score (nSPS) is 10.5. The molecule has 1 aromatic carbocycles. The SMILES string of the molecule is Cc1ccc2cc(C(=O)O)c(=O)[nH]c2c1. The zero-order valence-corrected chi connectivity index (χ0v) is 8.07. The number of aryl methyl sites for hydroxylation is 1. The second-order valence-electron chi connectivity index (χ2n) is 3.41. The van der Waals surface area contributed by atoms with Gasteiger partial charge in [-0.1, -0.05) is 12.1 Å². The summed E-state index contributed by atoms with van der Waals surface area (Å²) in [7, 11) is 0. The maximum absolute atomic E-state index is 11.3. The van der Waals surface area contributed by atoms with Crippen molar-refractivity contribution in [2.45, 2.75) is 6.92 Å². The van der Waals surface area contributed by atoms with Gasteiger partial charge in [0.1, 0.15) is 5.56 Å². The number of aromatic carboxylic acids is 1. The van der Waals surface area contributed by atoms with Crippen molar-refractivity contribution in [3.05, 3.63) is 45.7 Å². The number of carboxylic acid groups (broad SMARTS) is 1. The fourth-order valence-corrected chi connectivity index (χ4v) is 1.47. The first kappa shape index (κ1) is 9.45. The molecule has 0 saturated heterocycles. The minimum atomic E-state index is -1.21. The van der Waals surface area contributed by atoms with Gasteiger partial charge in [-0.25, -0.2) is 4.79 Å². The summed E-state index contributed by atoms with van der Waals surface area (Å²) in [6.07, 6.45) is 0. The molecule has 15 heavy (non-hydrogen) atoms. The molecule has 0 aliphatic rings. The third-order valence-corrected chi connectivity index (χ3v) is 2.23.